The monoisotopic (exact) mass is 454 g/mol. The summed E-state index contributed by atoms with van der Waals surface area (Å²) in [6.07, 6.45) is -5.62. The highest BCUT2D eigenvalue weighted by Crippen LogP contribution is 2.40. The van der Waals surface area contributed by atoms with Gasteiger partial charge in [0.1, 0.15) is 5.65 Å². The first-order chi connectivity index (χ1) is 14.0. The van der Waals surface area contributed by atoms with Crippen LogP contribution in [-0.2, 0) is 23.9 Å². The van der Waals surface area contributed by atoms with Crippen LogP contribution in [0.4, 0.5) is 22.0 Å². The summed E-state index contributed by atoms with van der Waals surface area (Å²) in [5.74, 6) is -4.07. The molecule has 0 amide bonds. The minimum atomic E-state index is -4.82. The van der Waals surface area contributed by atoms with Gasteiger partial charge in [0.25, 0.3) is 0 Å². The third kappa shape index (κ3) is 4.39. The molecule has 1 aliphatic rings. The second-order valence-electron chi connectivity index (χ2n) is 7.30. The molecule has 0 radical (unpaired) electrons. The van der Waals surface area contributed by atoms with Crippen molar-refractivity contribution in [3.63, 3.8) is 0 Å². The molecule has 0 unspecified atom stereocenters. The number of esters is 1. The van der Waals surface area contributed by atoms with Gasteiger partial charge in [-0.1, -0.05) is 11.6 Å². The van der Waals surface area contributed by atoms with Crippen molar-refractivity contribution in [2.45, 2.75) is 57.7 Å². The molecule has 0 spiro atoms. The molecule has 0 saturated heterocycles. The van der Waals surface area contributed by atoms with E-state index in [1.807, 2.05) is 0 Å². The normalized spacial score (nSPS) is 17.5. The van der Waals surface area contributed by atoms with Crippen LogP contribution < -0.4 is 0 Å². The van der Waals surface area contributed by atoms with Crippen molar-refractivity contribution in [3.05, 3.63) is 33.7 Å². The topological polar surface area (TPSA) is 63.8 Å². The van der Waals surface area contributed by atoms with Gasteiger partial charge in [-0.15, -0.1) is 0 Å². The van der Waals surface area contributed by atoms with Gasteiger partial charge in [-0.25, -0.2) is 18.6 Å². The number of ether oxygens (including phenoxy) is 1. The van der Waals surface area contributed by atoms with Gasteiger partial charge in [0.05, 0.1) is 35.2 Å². The molecule has 2 aromatic rings. The first-order valence-corrected chi connectivity index (χ1v) is 9.82. The summed E-state index contributed by atoms with van der Waals surface area (Å²) in [6.45, 7) is 0.820. The maximum absolute atomic E-state index is 13.7. The second kappa shape index (κ2) is 8.30. The lowest BCUT2D eigenvalue weighted by molar-refractivity contribution is -0.141. The molecule has 2 heterocycles. The number of alkyl halides is 5. The molecule has 0 atom stereocenters. The molecule has 1 N–H and O–H groups in total. The highest BCUT2D eigenvalue weighted by molar-refractivity contribution is 6.34. The fourth-order valence-electron chi connectivity index (χ4n) is 3.81. The van der Waals surface area contributed by atoms with E-state index in [4.69, 9.17) is 16.3 Å². The highest BCUT2D eigenvalue weighted by Gasteiger charge is 2.41. The van der Waals surface area contributed by atoms with E-state index < -0.39 is 49.1 Å². The van der Waals surface area contributed by atoms with Gasteiger partial charge >= 0.3 is 12.1 Å². The van der Waals surface area contributed by atoms with Crippen LogP contribution in [-0.4, -0.2) is 33.0 Å². The van der Waals surface area contributed by atoms with E-state index in [-0.39, 0.29) is 53.5 Å². The molecule has 2 aromatic heterocycles. The molecular formula is C19H20ClF5N2O3. The number of halogens is 6. The number of aromatic nitrogens is 2. The zero-order chi connectivity index (χ0) is 22.3. The zero-order valence-electron chi connectivity index (χ0n) is 16.0. The Labute approximate surface area is 173 Å². The number of hydrogen-bond donors (Lipinski definition) is 1. The van der Waals surface area contributed by atoms with Crippen LogP contribution in [0.2, 0.25) is 5.02 Å². The summed E-state index contributed by atoms with van der Waals surface area (Å²) in [5, 5.41) is 9.55. The number of hydrogen-bond acceptors (Lipinski definition) is 4. The SMILES string of the molecule is CCOC(=O)c1cc2nc(C(F)(F)F)c(CC3CCC(F)(F)CC3)n2c(CO)c1Cl. The lowest BCUT2D eigenvalue weighted by Crippen LogP contribution is -2.26. The zero-order valence-corrected chi connectivity index (χ0v) is 16.8. The van der Waals surface area contributed by atoms with Gasteiger partial charge in [-0.2, -0.15) is 13.2 Å². The summed E-state index contributed by atoms with van der Waals surface area (Å²) >= 11 is 6.20. The number of fused-ring (bicyclic) bond motifs is 1. The van der Waals surface area contributed by atoms with Crippen molar-refractivity contribution in [3.8, 4) is 0 Å². The molecule has 3 rings (SSSR count). The number of pyridine rings is 1. The number of aliphatic hydroxyl groups is 1. The summed E-state index contributed by atoms with van der Waals surface area (Å²) in [6, 6.07) is 1.08. The van der Waals surface area contributed by atoms with E-state index in [0.29, 0.717) is 0 Å². The third-order valence-electron chi connectivity index (χ3n) is 5.26. The number of rotatable bonds is 5. The van der Waals surface area contributed by atoms with Crippen molar-refractivity contribution in [2.24, 2.45) is 5.92 Å². The Morgan fingerprint density at radius 3 is 2.50 bits per heavy atom. The Kier molecular flexibility index (Phi) is 6.29. The van der Waals surface area contributed by atoms with Gasteiger partial charge in [-0.3, -0.25) is 4.40 Å². The molecule has 1 aliphatic carbocycles. The average Bonchev–Trinajstić information content (AvgIpc) is 3.01. The van der Waals surface area contributed by atoms with E-state index in [0.717, 1.165) is 10.5 Å². The molecule has 0 aromatic carbocycles. The fourth-order valence-corrected chi connectivity index (χ4v) is 4.08. The van der Waals surface area contributed by atoms with Gasteiger partial charge < -0.3 is 9.84 Å². The molecule has 0 bridgehead atoms. The van der Waals surface area contributed by atoms with E-state index in [2.05, 4.69) is 4.98 Å². The Balaban J connectivity index is 2.14. The number of nitrogens with zero attached hydrogens (tertiary/aromatic N) is 2. The largest absolute Gasteiger partial charge is 0.462 e. The Morgan fingerprint density at radius 2 is 1.97 bits per heavy atom. The lowest BCUT2D eigenvalue weighted by atomic mass is 9.83. The highest BCUT2D eigenvalue weighted by atomic mass is 35.5. The number of aliphatic hydroxyl groups excluding tert-OH is 1. The van der Waals surface area contributed by atoms with Crippen LogP contribution in [0.1, 0.15) is 60.0 Å². The first kappa shape index (κ1) is 22.7. The molecular weight excluding hydrogens is 435 g/mol. The van der Waals surface area contributed by atoms with Crippen molar-refractivity contribution >= 4 is 23.2 Å². The number of carbonyl (C=O) groups is 1. The third-order valence-corrected chi connectivity index (χ3v) is 5.69. The van der Waals surface area contributed by atoms with Crippen LogP contribution in [0.25, 0.3) is 5.65 Å². The van der Waals surface area contributed by atoms with Crippen molar-refractivity contribution in [1.82, 2.24) is 9.38 Å². The predicted octanol–water partition coefficient (Wildman–Crippen LogP) is 5.04. The first-order valence-electron chi connectivity index (χ1n) is 9.44. The number of carbonyl (C=O) groups excluding carboxylic acids is 1. The van der Waals surface area contributed by atoms with Crippen LogP contribution in [0.3, 0.4) is 0 Å². The Bertz CT molecular complexity index is 948. The van der Waals surface area contributed by atoms with Crippen LogP contribution in [0, 0.1) is 5.92 Å². The van der Waals surface area contributed by atoms with Crippen LogP contribution >= 0.6 is 11.6 Å². The Hall–Kier alpha value is -1.94. The van der Waals surface area contributed by atoms with E-state index in [1.165, 1.54) is 0 Å². The lowest BCUT2D eigenvalue weighted by Gasteiger charge is -2.28. The maximum Gasteiger partial charge on any atom is 0.435 e. The molecule has 1 saturated carbocycles. The predicted molar refractivity (Wildman–Crippen MR) is 97.7 cm³/mol. The quantitative estimate of drug-likeness (QED) is 0.507. The maximum atomic E-state index is 13.7. The van der Waals surface area contributed by atoms with E-state index in [9.17, 15) is 31.9 Å². The summed E-state index contributed by atoms with van der Waals surface area (Å²) in [5.41, 5.74) is -2.04. The molecule has 30 heavy (non-hydrogen) atoms. The van der Waals surface area contributed by atoms with Gasteiger partial charge in [0.15, 0.2) is 5.69 Å². The Morgan fingerprint density at radius 1 is 1.33 bits per heavy atom. The summed E-state index contributed by atoms with van der Waals surface area (Å²) < 4.78 is 73.9. The second-order valence-corrected chi connectivity index (χ2v) is 7.68. The smallest absolute Gasteiger partial charge is 0.435 e. The van der Waals surface area contributed by atoms with Gasteiger partial charge in [0.2, 0.25) is 5.92 Å². The van der Waals surface area contributed by atoms with Crippen molar-refractivity contribution in [1.29, 1.82) is 0 Å². The van der Waals surface area contributed by atoms with Crippen molar-refractivity contribution in [2.75, 3.05) is 6.61 Å². The van der Waals surface area contributed by atoms with Gasteiger partial charge in [0, 0.05) is 12.8 Å². The minimum Gasteiger partial charge on any atom is -0.462 e. The molecule has 1 fully saturated rings. The van der Waals surface area contributed by atoms with Crippen molar-refractivity contribution < 1.29 is 36.6 Å². The summed E-state index contributed by atoms with van der Waals surface area (Å²) in [4.78, 5) is 15.8. The molecule has 5 nitrogen and oxygen atoms in total. The molecule has 11 heteroatoms. The van der Waals surface area contributed by atoms with E-state index >= 15 is 0 Å². The summed E-state index contributed by atoms with van der Waals surface area (Å²) in [7, 11) is 0. The van der Waals surface area contributed by atoms with E-state index in [1.54, 1.807) is 6.92 Å². The van der Waals surface area contributed by atoms with Gasteiger partial charge in [-0.05, 0) is 38.2 Å². The fraction of sp³-hybridized carbons (Fsp3) is 0.579. The average molecular weight is 455 g/mol. The molecule has 0 aliphatic heterocycles. The van der Waals surface area contributed by atoms with Crippen LogP contribution in [0.5, 0.6) is 0 Å². The number of imidazole rings is 1. The minimum absolute atomic E-state index is 0.0224. The van der Waals surface area contributed by atoms with Crippen LogP contribution in [0.15, 0.2) is 6.07 Å². The standard InChI is InChI=1S/C19H20ClF5N2O3/c1-2-30-17(29)11-8-14-26-16(19(23,24)25)12(27(14)13(9-28)15(11)20)7-10-3-5-18(21,22)6-4-10/h8,10,28H,2-7,9H2,1H3. The molecule has 166 valence electrons.